The van der Waals surface area contributed by atoms with E-state index >= 15 is 0 Å². The molecule has 6 nitrogen and oxygen atoms in total. The number of carbonyl (C=O) groups is 2. The van der Waals surface area contributed by atoms with Crippen LogP contribution in [0.15, 0.2) is 43.2 Å². The van der Waals surface area contributed by atoms with E-state index in [4.69, 9.17) is 18.9 Å². The summed E-state index contributed by atoms with van der Waals surface area (Å²) in [5, 5.41) is 0. The summed E-state index contributed by atoms with van der Waals surface area (Å²) in [5.41, 5.74) is 3.39. The van der Waals surface area contributed by atoms with Crippen molar-refractivity contribution in [3.8, 4) is 0 Å². The van der Waals surface area contributed by atoms with E-state index in [0.717, 1.165) is 16.7 Å². The number of esters is 2. The Kier molecular flexibility index (Phi) is 10.0. The van der Waals surface area contributed by atoms with Crippen molar-refractivity contribution in [3.63, 3.8) is 0 Å². The molecule has 0 saturated carbocycles. The second-order valence-corrected chi connectivity index (χ2v) is 6.49. The van der Waals surface area contributed by atoms with Gasteiger partial charge >= 0.3 is 11.9 Å². The van der Waals surface area contributed by atoms with Crippen LogP contribution < -0.4 is 0 Å². The van der Waals surface area contributed by atoms with E-state index in [1.54, 1.807) is 13.8 Å². The van der Waals surface area contributed by atoms with Crippen LogP contribution in [0.3, 0.4) is 0 Å². The summed E-state index contributed by atoms with van der Waals surface area (Å²) in [5.74, 6) is -0.794. The summed E-state index contributed by atoms with van der Waals surface area (Å²) >= 11 is 0. The molecule has 2 atom stereocenters. The highest BCUT2D eigenvalue weighted by molar-refractivity contribution is 5.86. The highest BCUT2D eigenvalue weighted by Gasteiger charge is 2.15. The van der Waals surface area contributed by atoms with Crippen LogP contribution in [-0.2, 0) is 41.4 Å². The van der Waals surface area contributed by atoms with Crippen molar-refractivity contribution in [2.24, 2.45) is 0 Å². The molecular formula is C22H30O6. The lowest BCUT2D eigenvalue weighted by atomic mass is 9.99. The van der Waals surface area contributed by atoms with Gasteiger partial charge in [0, 0.05) is 25.3 Å². The second-order valence-electron chi connectivity index (χ2n) is 6.49. The lowest BCUT2D eigenvalue weighted by Crippen LogP contribution is -2.18. The first-order valence-electron chi connectivity index (χ1n) is 9.23. The maximum atomic E-state index is 11.5. The van der Waals surface area contributed by atoms with Gasteiger partial charge in [0.1, 0.15) is 0 Å². The first kappa shape index (κ1) is 23.4. The molecule has 0 saturated heterocycles. The van der Waals surface area contributed by atoms with Crippen LogP contribution in [-0.4, -0.2) is 31.4 Å². The Labute approximate surface area is 167 Å². The third kappa shape index (κ3) is 8.86. The van der Waals surface area contributed by atoms with E-state index in [2.05, 4.69) is 13.2 Å². The van der Waals surface area contributed by atoms with E-state index in [0.29, 0.717) is 25.0 Å². The van der Waals surface area contributed by atoms with E-state index in [1.807, 2.05) is 25.1 Å². The van der Waals surface area contributed by atoms with Gasteiger partial charge in [0.25, 0.3) is 0 Å². The SMILES string of the molecule is C=COCCc1cc(CCOC(=O)C(=C)C)cc(C(C)OC(C)OC(C)=O)c1. The van der Waals surface area contributed by atoms with Gasteiger partial charge in [-0.05, 0) is 37.5 Å². The first-order valence-corrected chi connectivity index (χ1v) is 9.23. The normalized spacial score (nSPS) is 12.6. The van der Waals surface area contributed by atoms with Crippen LogP contribution in [0.5, 0.6) is 0 Å². The zero-order valence-electron chi connectivity index (χ0n) is 17.2. The average Bonchev–Trinajstić information content (AvgIpc) is 2.60. The minimum atomic E-state index is -0.653. The molecular weight excluding hydrogens is 360 g/mol. The Hall–Kier alpha value is -2.60. The van der Waals surface area contributed by atoms with Crippen LogP contribution in [0.1, 0.15) is 50.5 Å². The van der Waals surface area contributed by atoms with Crippen molar-refractivity contribution in [2.45, 2.75) is 52.9 Å². The smallest absolute Gasteiger partial charge is 0.333 e. The van der Waals surface area contributed by atoms with Gasteiger partial charge in [-0.2, -0.15) is 0 Å². The van der Waals surface area contributed by atoms with Crippen LogP contribution in [0.4, 0.5) is 0 Å². The molecule has 0 amide bonds. The molecule has 0 bridgehead atoms. The summed E-state index contributed by atoms with van der Waals surface area (Å²) in [4.78, 5) is 22.6. The molecule has 1 rings (SSSR count). The molecule has 0 heterocycles. The molecule has 0 aliphatic heterocycles. The van der Waals surface area contributed by atoms with Crippen molar-refractivity contribution < 1.29 is 28.5 Å². The minimum Gasteiger partial charge on any atom is -0.501 e. The molecule has 2 unspecified atom stereocenters. The fourth-order valence-corrected chi connectivity index (χ4v) is 2.59. The zero-order chi connectivity index (χ0) is 21.1. The highest BCUT2D eigenvalue weighted by Crippen LogP contribution is 2.23. The predicted molar refractivity (Wildman–Crippen MR) is 107 cm³/mol. The van der Waals surface area contributed by atoms with Crippen molar-refractivity contribution >= 4 is 11.9 Å². The first-order chi connectivity index (χ1) is 13.2. The monoisotopic (exact) mass is 390 g/mol. The van der Waals surface area contributed by atoms with E-state index < -0.39 is 18.2 Å². The van der Waals surface area contributed by atoms with Gasteiger partial charge in [-0.25, -0.2) is 4.79 Å². The summed E-state index contributed by atoms with van der Waals surface area (Å²) in [6.07, 6.45) is 1.74. The Bertz CT molecular complexity index is 694. The fraction of sp³-hybridized carbons (Fsp3) is 0.455. The van der Waals surface area contributed by atoms with Gasteiger partial charge in [-0.1, -0.05) is 31.4 Å². The largest absolute Gasteiger partial charge is 0.501 e. The van der Waals surface area contributed by atoms with Crippen LogP contribution >= 0.6 is 0 Å². The number of rotatable bonds is 12. The molecule has 1 aromatic rings. The second kappa shape index (κ2) is 12.0. The summed E-state index contributed by atoms with van der Waals surface area (Å²) < 4.78 is 21.2. The molecule has 0 aliphatic carbocycles. The van der Waals surface area contributed by atoms with Gasteiger partial charge in [0.05, 0.1) is 25.6 Å². The molecule has 28 heavy (non-hydrogen) atoms. The third-order valence-corrected chi connectivity index (χ3v) is 3.87. The maximum Gasteiger partial charge on any atom is 0.333 e. The molecule has 6 heteroatoms. The number of carbonyl (C=O) groups excluding carboxylic acids is 2. The molecule has 0 aromatic heterocycles. The zero-order valence-corrected chi connectivity index (χ0v) is 17.2. The molecule has 0 spiro atoms. The molecule has 1 aromatic carbocycles. The third-order valence-electron chi connectivity index (χ3n) is 3.87. The van der Waals surface area contributed by atoms with Crippen LogP contribution in [0.25, 0.3) is 0 Å². The molecule has 0 aliphatic rings. The topological polar surface area (TPSA) is 71.1 Å². The quantitative estimate of drug-likeness (QED) is 0.176. The lowest BCUT2D eigenvalue weighted by Gasteiger charge is -2.20. The summed E-state index contributed by atoms with van der Waals surface area (Å²) in [6.45, 7) is 14.4. The van der Waals surface area contributed by atoms with Gasteiger partial charge in [0.15, 0.2) is 0 Å². The molecule has 0 N–H and O–H groups in total. The van der Waals surface area contributed by atoms with Crippen LogP contribution in [0.2, 0.25) is 0 Å². The molecule has 0 fully saturated rings. The lowest BCUT2D eigenvalue weighted by molar-refractivity contribution is -0.181. The van der Waals surface area contributed by atoms with Crippen molar-refractivity contribution in [1.29, 1.82) is 0 Å². The van der Waals surface area contributed by atoms with Crippen molar-refractivity contribution in [1.82, 2.24) is 0 Å². The van der Waals surface area contributed by atoms with E-state index in [-0.39, 0.29) is 12.7 Å². The number of benzene rings is 1. The van der Waals surface area contributed by atoms with Crippen molar-refractivity contribution in [2.75, 3.05) is 13.2 Å². The number of hydrogen-bond acceptors (Lipinski definition) is 6. The standard InChI is InChI=1S/C22H30O6/c1-7-25-10-8-19-12-20(9-11-26-22(24)15(2)3)14-21(13-19)16(4)27-18(6)28-17(5)23/h7,12-14,16,18H,1-2,8-11H2,3-6H3. The Morgan fingerprint density at radius 2 is 1.68 bits per heavy atom. The molecule has 0 radical (unpaired) electrons. The van der Waals surface area contributed by atoms with E-state index in [1.165, 1.54) is 13.2 Å². The van der Waals surface area contributed by atoms with Gasteiger partial charge in [0.2, 0.25) is 6.29 Å². The molecule has 154 valence electrons. The summed E-state index contributed by atoms with van der Waals surface area (Å²) in [6, 6.07) is 6.07. The van der Waals surface area contributed by atoms with Gasteiger partial charge in [-0.15, -0.1) is 0 Å². The van der Waals surface area contributed by atoms with Gasteiger partial charge in [-0.3, -0.25) is 4.79 Å². The predicted octanol–water partition coefficient (Wildman–Crippen LogP) is 4.04. The summed E-state index contributed by atoms with van der Waals surface area (Å²) in [7, 11) is 0. The maximum absolute atomic E-state index is 11.5. The average molecular weight is 390 g/mol. The van der Waals surface area contributed by atoms with Crippen molar-refractivity contribution in [3.05, 3.63) is 59.9 Å². The highest BCUT2D eigenvalue weighted by atomic mass is 16.7. The van der Waals surface area contributed by atoms with Crippen LogP contribution in [0, 0.1) is 0 Å². The Balaban J connectivity index is 2.88. The minimum absolute atomic E-state index is 0.261. The van der Waals surface area contributed by atoms with Gasteiger partial charge < -0.3 is 18.9 Å². The Morgan fingerprint density at radius 3 is 2.21 bits per heavy atom. The fourth-order valence-electron chi connectivity index (χ4n) is 2.59. The number of ether oxygens (including phenoxy) is 4. The Morgan fingerprint density at radius 1 is 1.07 bits per heavy atom. The number of hydrogen-bond donors (Lipinski definition) is 0. The van der Waals surface area contributed by atoms with E-state index in [9.17, 15) is 9.59 Å².